The minimum atomic E-state index is -0.450. The van der Waals surface area contributed by atoms with E-state index in [1.165, 1.54) is 24.6 Å². The number of methoxy groups -OCH3 is 1. The predicted octanol–water partition coefficient (Wildman–Crippen LogP) is 4.34. The van der Waals surface area contributed by atoms with Crippen molar-refractivity contribution in [3.8, 4) is 22.6 Å². The number of carbonyl (C=O) groups excluding carboxylic acids is 1. The second kappa shape index (κ2) is 9.41. The number of amides is 1. The summed E-state index contributed by atoms with van der Waals surface area (Å²) in [7, 11) is 1.57. The van der Waals surface area contributed by atoms with Gasteiger partial charge in [-0.1, -0.05) is 31.9 Å². The molecule has 2 aromatic rings. The van der Waals surface area contributed by atoms with Gasteiger partial charge in [-0.3, -0.25) is 14.9 Å². The van der Waals surface area contributed by atoms with Gasteiger partial charge in [0.2, 0.25) is 0 Å². The van der Waals surface area contributed by atoms with Crippen molar-refractivity contribution in [2.45, 2.75) is 38.6 Å². The third-order valence-electron chi connectivity index (χ3n) is 5.39. The largest absolute Gasteiger partial charge is 0.497 e. The summed E-state index contributed by atoms with van der Waals surface area (Å²) in [6, 6.07) is 11.7. The highest BCUT2D eigenvalue weighted by Crippen LogP contribution is 2.34. The number of hydrogen-bond donors (Lipinski definition) is 1. The van der Waals surface area contributed by atoms with Crippen molar-refractivity contribution in [3.63, 3.8) is 0 Å². The Bertz CT molecular complexity index is 866. The maximum Gasteiger partial charge on any atom is 0.270 e. The van der Waals surface area contributed by atoms with Gasteiger partial charge >= 0.3 is 0 Å². The Labute approximate surface area is 170 Å². The third kappa shape index (κ3) is 5.25. The Kier molecular flexibility index (Phi) is 6.69. The minimum absolute atomic E-state index is 0.0383. The molecule has 1 N–H and O–H groups in total. The summed E-state index contributed by atoms with van der Waals surface area (Å²) in [5, 5.41) is 14.2. The van der Waals surface area contributed by atoms with Crippen molar-refractivity contribution in [2.24, 2.45) is 5.92 Å². The molecule has 0 aromatic heterocycles. The van der Waals surface area contributed by atoms with E-state index in [9.17, 15) is 14.9 Å². The Morgan fingerprint density at radius 3 is 2.55 bits per heavy atom. The molecule has 0 saturated heterocycles. The van der Waals surface area contributed by atoms with Gasteiger partial charge in [-0.05, 0) is 42.5 Å². The van der Waals surface area contributed by atoms with Crippen LogP contribution in [0.15, 0.2) is 42.5 Å². The van der Waals surface area contributed by atoms with Gasteiger partial charge < -0.3 is 14.8 Å². The molecular weight excluding hydrogens is 372 g/mol. The zero-order chi connectivity index (χ0) is 20.8. The number of nitrogens with zero attached hydrogens (tertiary/aromatic N) is 1. The molecule has 0 radical (unpaired) electrons. The first-order valence-corrected chi connectivity index (χ1v) is 9.83. The molecule has 0 heterocycles. The third-order valence-corrected chi connectivity index (χ3v) is 5.39. The zero-order valence-electron chi connectivity index (χ0n) is 16.7. The van der Waals surface area contributed by atoms with Crippen molar-refractivity contribution in [1.82, 2.24) is 5.32 Å². The van der Waals surface area contributed by atoms with E-state index >= 15 is 0 Å². The van der Waals surface area contributed by atoms with Crippen LogP contribution in [0.2, 0.25) is 0 Å². The van der Waals surface area contributed by atoms with E-state index in [0.717, 1.165) is 24.8 Å². The van der Waals surface area contributed by atoms with Crippen molar-refractivity contribution in [2.75, 3.05) is 13.7 Å². The van der Waals surface area contributed by atoms with E-state index in [2.05, 4.69) is 12.2 Å². The van der Waals surface area contributed by atoms with Crippen molar-refractivity contribution < 1.29 is 19.2 Å². The Hall–Kier alpha value is -3.09. The lowest BCUT2D eigenvalue weighted by molar-refractivity contribution is -0.384. The van der Waals surface area contributed by atoms with E-state index < -0.39 is 4.92 Å². The average Bonchev–Trinajstić information content (AvgIpc) is 2.74. The fraction of sp³-hybridized carbons (Fsp3) is 0.409. The normalized spacial score (nSPS) is 18.7. The van der Waals surface area contributed by atoms with Gasteiger partial charge in [0.25, 0.3) is 11.6 Å². The standard InChI is InChI=1S/C22H26N2O5/c1-15-5-3-4-6-20(15)23-22(25)14-29-21-12-9-17(24(26)27)13-19(21)16-7-10-18(28-2)11-8-16/h7-13,15,20H,3-6,14H2,1-2H3,(H,23,25)/t15-,20-/m1/s1. The summed E-state index contributed by atoms with van der Waals surface area (Å²) < 4.78 is 10.9. The highest BCUT2D eigenvalue weighted by Gasteiger charge is 2.23. The average molecular weight is 398 g/mol. The Morgan fingerprint density at radius 1 is 1.17 bits per heavy atom. The van der Waals surface area contributed by atoms with Crippen LogP contribution in [0.5, 0.6) is 11.5 Å². The molecule has 1 saturated carbocycles. The molecular formula is C22H26N2O5. The SMILES string of the molecule is COc1ccc(-c2cc([N+](=O)[O-])ccc2OCC(=O)N[C@@H]2CCCC[C@H]2C)cc1. The number of nitro benzene ring substituents is 1. The lowest BCUT2D eigenvalue weighted by Gasteiger charge is -2.29. The molecule has 0 bridgehead atoms. The molecule has 1 aliphatic rings. The first-order valence-electron chi connectivity index (χ1n) is 9.83. The van der Waals surface area contributed by atoms with Gasteiger partial charge in [0.1, 0.15) is 11.5 Å². The fourth-order valence-electron chi connectivity index (χ4n) is 3.68. The summed E-state index contributed by atoms with van der Waals surface area (Å²) in [5.41, 5.74) is 1.26. The van der Waals surface area contributed by atoms with Gasteiger partial charge in [-0.25, -0.2) is 0 Å². The van der Waals surface area contributed by atoms with Crippen molar-refractivity contribution in [1.29, 1.82) is 0 Å². The molecule has 7 heteroatoms. The smallest absolute Gasteiger partial charge is 0.270 e. The minimum Gasteiger partial charge on any atom is -0.497 e. The van der Waals surface area contributed by atoms with Crippen LogP contribution in [-0.4, -0.2) is 30.6 Å². The number of benzene rings is 2. The summed E-state index contributed by atoms with van der Waals surface area (Å²) in [6.07, 6.45) is 4.44. The van der Waals surface area contributed by atoms with Crippen LogP contribution in [0.4, 0.5) is 5.69 Å². The number of rotatable bonds is 7. The monoisotopic (exact) mass is 398 g/mol. The van der Waals surface area contributed by atoms with Gasteiger partial charge in [-0.2, -0.15) is 0 Å². The molecule has 0 unspecified atom stereocenters. The Morgan fingerprint density at radius 2 is 1.90 bits per heavy atom. The zero-order valence-corrected chi connectivity index (χ0v) is 16.7. The molecule has 7 nitrogen and oxygen atoms in total. The van der Waals surface area contributed by atoms with E-state index in [-0.39, 0.29) is 24.2 Å². The maximum absolute atomic E-state index is 12.4. The molecule has 1 aliphatic carbocycles. The van der Waals surface area contributed by atoms with Crippen LogP contribution in [0, 0.1) is 16.0 Å². The molecule has 1 fully saturated rings. The van der Waals surface area contributed by atoms with Crippen LogP contribution < -0.4 is 14.8 Å². The van der Waals surface area contributed by atoms with E-state index in [1.54, 1.807) is 31.4 Å². The molecule has 2 aromatic carbocycles. The molecule has 29 heavy (non-hydrogen) atoms. The van der Waals surface area contributed by atoms with Crippen LogP contribution in [-0.2, 0) is 4.79 Å². The highest BCUT2D eigenvalue weighted by atomic mass is 16.6. The van der Waals surface area contributed by atoms with Crippen LogP contribution >= 0.6 is 0 Å². The molecule has 0 aliphatic heterocycles. The first-order chi connectivity index (χ1) is 14.0. The lowest BCUT2D eigenvalue weighted by Crippen LogP contribution is -2.43. The van der Waals surface area contributed by atoms with Gasteiger partial charge in [-0.15, -0.1) is 0 Å². The van der Waals surface area contributed by atoms with Crippen LogP contribution in [0.3, 0.4) is 0 Å². The summed E-state index contributed by atoms with van der Waals surface area (Å²) in [5.74, 6) is 1.39. The number of carbonyl (C=O) groups is 1. The van der Waals surface area contributed by atoms with Crippen LogP contribution in [0.25, 0.3) is 11.1 Å². The number of nitrogens with one attached hydrogen (secondary N) is 1. The second-order valence-electron chi connectivity index (χ2n) is 7.39. The van der Waals surface area contributed by atoms with E-state index in [1.807, 2.05) is 0 Å². The van der Waals surface area contributed by atoms with Crippen molar-refractivity contribution in [3.05, 3.63) is 52.6 Å². The van der Waals surface area contributed by atoms with Crippen molar-refractivity contribution >= 4 is 11.6 Å². The van der Waals surface area contributed by atoms with E-state index in [0.29, 0.717) is 23.0 Å². The number of hydrogen-bond acceptors (Lipinski definition) is 5. The van der Waals surface area contributed by atoms with Gasteiger partial charge in [0.05, 0.1) is 12.0 Å². The molecule has 2 atom stereocenters. The summed E-state index contributed by atoms with van der Waals surface area (Å²) in [4.78, 5) is 23.1. The maximum atomic E-state index is 12.4. The molecule has 3 rings (SSSR count). The highest BCUT2D eigenvalue weighted by molar-refractivity contribution is 5.79. The topological polar surface area (TPSA) is 90.7 Å². The molecule has 0 spiro atoms. The van der Waals surface area contributed by atoms with Gasteiger partial charge in [0, 0.05) is 23.7 Å². The van der Waals surface area contributed by atoms with E-state index in [4.69, 9.17) is 9.47 Å². The van der Waals surface area contributed by atoms with Gasteiger partial charge in [0.15, 0.2) is 6.61 Å². The fourth-order valence-corrected chi connectivity index (χ4v) is 3.68. The quantitative estimate of drug-likeness (QED) is 0.553. The summed E-state index contributed by atoms with van der Waals surface area (Å²) >= 11 is 0. The number of non-ortho nitro benzene ring substituents is 1. The second-order valence-corrected chi connectivity index (χ2v) is 7.39. The molecule has 1 amide bonds. The lowest BCUT2D eigenvalue weighted by atomic mass is 9.86. The predicted molar refractivity (Wildman–Crippen MR) is 110 cm³/mol. The number of ether oxygens (including phenoxy) is 2. The summed E-state index contributed by atoms with van der Waals surface area (Å²) in [6.45, 7) is 2.02. The number of nitro groups is 1. The molecule has 154 valence electrons. The Balaban J connectivity index is 1.75. The van der Waals surface area contributed by atoms with Crippen LogP contribution in [0.1, 0.15) is 32.6 Å². The first kappa shape index (κ1) is 20.6.